The number of hydrogen-bond donors (Lipinski definition) is 1. The molecule has 4 rings (SSSR count). The van der Waals surface area contributed by atoms with Crippen molar-refractivity contribution in [2.75, 3.05) is 4.90 Å². The fraction of sp³-hybridized carbons (Fsp3) is 0.261. The van der Waals surface area contributed by atoms with Gasteiger partial charge in [0.2, 0.25) is 5.91 Å². The van der Waals surface area contributed by atoms with Gasteiger partial charge in [0.15, 0.2) is 5.76 Å². The zero-order chi connectivity index (χ0) is 21.8. The van der Waals surface area contributed by atoms with Crippen LogP contribution in [0.5, 0.6) is 0 Å². The lowest BCUT2D eigenvalue weighted by molar-refractivity contribution is -0.123. The molecule has 160 valence electrons. The fourth-order valence-corrected chi connectivity index (χ4v) is 4.02. The summed E-state index contributed by atoms with van der Waals surface area (Å²) in [4.78, 5) is 32.3. The molecular weight excluding hydrogens is 421 g/mol. The number of carbonyl (C=O) groups is 2. The van der Waals surface area contributed by atoms with Gasteiger partial charge >= 0.3 is 0 Å². The van der Waals surface area contributed by atoms with Gasteiger partial charge in [-0.3, -0.25) is 19.5 Å². The summed E-state index contributed by atoms with van der Waals surface area (Å²) in [6.07, 6.45) is 8.37. The first-order chi connectivity index (χ1) is 15.0. The SMILES string of the molecule is O=C(NC1CCCC1)C(c1cccnc1)N(C(=O)c1ccco1)c1ccc(F)c(Cl)c1. The van der Waals surface area contributed by atoms with Crippen LogP contribution in [0.15, 0.2) is 65.5 Å². The molecule has 6 nitrogen and oxygen atoms in total. The van der Waals surface area contributed by atoms with Crippen LogP contribution < -0.4 is 10.2 Å². The predicted octanol–water partition coefficient (Wildman–Crippen LogP) is 4.91. The number of hydrogen-bond acceptors (Lipinski definition) is 4. The standard InChI is InChI=1S/C23H21ClFN3O3/c24-18-13-17(9-10-19(18)25)28(23(30)20-8-4-12-31-20)21(15-5-3-11-26-14-15)22(29)27-16-6-1-2-7-16/h3-5,8-14,16,21H,1-2,6-7H2,(H,27,29). The largest absolute Gasteiger partial charge is 0.459 e. The zero-order valence-electron chi connectivity index (χ0n) is 16.6. The lowest BCUT2D eigenvalue weighted by atomic mass is 10.0. The third-order valence-corrected chi connectivity index (χ3v) is 5.63. The maximum Gasteiger partial charge on any atom is 0.294 e. The second-order valence-corrected chi connectivity index (χ2v) is 7.84. The van der Waals surface area contributed by atoms with Crippen LogP contribution >= 0.6 is 11.6 Å². The lowest BCUT2D eigenvalue weighted by Gasteiger charge is -2.31. The molecule has 1 aliphatic rings. The van der Waals surface area contributed by atoms with E-state index in [4.69, 9.17) is 16.0 Å². The van der Waals surface area contributed by atoms with Crippen molar-refractivity contribution in [3.63, 3.8) is 0 Å². The van der Waals surface area contributed by atoms with Crippen molar-refractivity contribution in [2.24, 2.45) is 0 Å². The summed E-state index contributed by atoms with van der Waals surface area (Å²) < 4.78 is 19.2. The molecule has 1 unspecified atom stereocenters. The molecule has 0 saturated heterocycles. The fourth-order valence-electron chi connectivity index (χ4n) is 3.84. The minimum atomic E-state index is -1.05. The minimum Gasteiger partial charge on any atom is -0.459 e. The average molecular weight is 442 g/mol. The molecule has 8 heteroatoms. The van der Waals surface area contributed by atoms with Gasteiger partial charge in [-0.05, 0) is 49.2 Å². The second-order valence-electron chi connectivity index (χ2n) is 7.43. The van der Waals surface area contributed by atoms with Crippen molar-refractivity contribution in [3.05, 3.63) is 83.3 Å². The van der Waals surface area contributed by atoms with E-state index in [9.17, 15) is 14.0 Å². The number of amides is 2. The normalized spacial score (nSPS) is 14.9. The van der Waals surface area contributed by atoms with Crippen LogP contribution in [0, 0.1) is 5.82 Å². The van der Waals surface area contributed by atoms with E-state index in [1.807, 2.05) is 0 Å². The first-order valence-corrected chi connectivity index (χ1v) is 10.4. The smallest absolute Gasteiger partial charge is 0.294 e. The molecule has 2 aromatic heterocycles. The Labute approximate surface area is 184 Å². The number of anilines is 1. The van der Waals surface area contributed by atoms with E-state index in [2.05, 4.69) is 10.3 Å². The molecule has 0 bridgehead atoms. The lowest BCUT2D eigenvalue weighted by Crippen LogP contribution is -2.46. The number of pyridine rings is 1. The Morgan fingerprint density at radius 3 is 2.65 bits per heavy atom. The van der Waals surface area contributed by atoms with Crippen LogP contribution in [-0.2, 0) is 4.79 Å². The predicted molar refractivity (Wildman–Crippen MR) is 114 cm³/mol. The summed E-state index contributed by atoms with van der Waals surface area (Å²) in [5, 5.41) is 2.90. The monoisotopic (exact) mass is 441 g/mol. The van der Waals surface area contributed by atoms with Crippen LogP contribution in [0.25, 0.3) is 0 Å². The molecule has 1 aromatic carbocycles. The zero-order valence-corrected chi connectivity index (χ0v) is 17.4. The quantitative estimate of drug-likeness (QED) is 0.589. The molecule has 0 spiro atoms. The Balaban J connectivity index is 1.81. The Bertz CT molecular complexity index is 1050. The van der Waals surface area contributed by atoms with Gasteiger partial charge in [0.25, 0.3) is 5.91 Å². The van der Waals surface area contributed by atoms with E-state index in [1.54, 1.807) is 24.4 Å². The van der Waals surface area contributed by atoms with Crippen molar-refractivity contribution in [1.82, 2.24) is 10.3 Å². The first kappa shape index (κ1) is 21.1. The Hall–Kier alpha value is -3.19. The van der Waals surface area contributed by atoms with Gasteiger partial charge in [-0.15, -0.1) is 0 Å². The summed E-state index contributed by atoms with van der Waals surface area (Å²) in [7, 11) is 0. The molecule has 1 aliphatic carbocycles. The van der Waals surface area contributed by atoms with E-state index < -0.39 is 17.8 Å². The molecular formula is C23H21ClFN3O3. The highest BCUT2D eigenvalue weighted by molar-refractivity contribution is 6.31. The highest BCUT2D eigenvalue weighted by atomic mass is 35.5. The van der Waals surface area contributed by atoms with Crippen molar-refractivity contribution >= 4 is 29.1 Å². The summed E-state index contributed by atoms with van der Waals surface area (Å²) in [5.74, 6) is -1.48. The Morgan fingerprint density at radius 2 is 2.00 bits per heavy atom. The van der Waals surface area contributed by atoms with Gasteiger partial charge < -0.3 is 9.73 Å². The third-order valence-electron chi connectivity index (χ3n) is 5.34. The van der Waals surface area contributed by atoms with Crippen LogP contribution in [0.1, 0.15) is 47.8 Å². The van der Waals surface area contributed by atoms with Crippen LogP contribution in [0.2, 0.25) is 5.02 Å². The van der Waals surface area contributed by atoms with Crippen LogP contribution in [0.4, 0.5) is 10.1 Å². The summed E-state index contributed by atoms with van der Waals surface area (Å²) in [6.45, 7) is 0. The molecule has 31 heavy (non-hydrogen) atoms. The molecule has 1 atom stereocenters. The summed E-state index contributed by atoms with van der Waals surface area (Å²) in [5.41, 5.74) is 0.779. The highest BCUT2D eigenvalue weighted by Crippen LogP contribution is 2.32. The molecule has 0 radical (unpaired) electrons. The Kier molecular flexibility index (Phi) is 6.32. The number of benzene rings is 1. The molecule has 1 saturated carbocycles. The van der Waals surface area contributed by atoms with E-state index in [-0.39, 0.29) is 28.4 Å². The van der Waals surface area contributed by atoms with E-state index in [1.165, 1.54) is 35.6 Å². The number of nitrogens with zero attached hydrogens (tertiary/aromatic N) is 2. The number of halogens is 2. The van der Waals surface area contributed by atoms with Gasteiger partial charge in [-0.25, -0.2) is 4.39 Å². The molecule has 1 fully saturated rings. The minimum absolute atomic E-state index is 0.0444. The average Bonchev–Trinajstić information content (AvgIpc) is 3.48. The topological polar surface area (TPSA) is 75.4 Å². The van der Waals surface area contributed by atoms with Gasteiger partial charge in [0.1, 0.15) is 11.9 Å². The van der Waals surface area contributed by atoms with Gasteiger partial charge in [0.05, 0.1) is 11.3 Å². The van der Waals surface area contributed by atoms with Gasteiger partial charge in [0, 0.05) is 29.7 Å². The number of carbonyl (C=O) groups excluding carboxylic acids is 2. The molecule has 1 N–H and O–H groups in total. The van der Waals surface area contributed by atoms with Gasteiger partial charge in [-0.2, -0.15) is 0 Å². The number of aromatic nitrogens is 1. The second kappa shape index (κ2) is 9.31. The van der Waals surface area contributed by atoms with Crippen LogP contribution in [-0.4, -0.2) is 22.8 Å². The first-order valence-electron chi connectivity index (χ1n) is 10.1. The van der Waals surface area contributed by atoms with E-state index in [0.29, 0.717) is 5.56 Å². The number of nitrogens with one attached hydrogen (secondary N) is 1. The molecule has 3 aromatic rings. The van der Waals surface area contributed by atoms with E-state index in [0.717, 1.165) is 31.7 Å². The van der Waals surface area contributed by atoms with Crippen molar-refractivity contribution in [2.45, 2.75) is 37.8 Å². The summed E-state index contributed by atoms with van der Waals surface area (Å²) >= 11 is 6.01. The number of rotatable bonds is 6. The molecule has 2 amide bonds. The van der Waals surface area contributed by atoms with Crippen LogP contribution in [0.3, 0.4) is 0 Å². The molecule has 2 heterocycles. The maximum absolute atomic E-state index is 13.8. The van der Waals surface area contributed by atoms with Crippen molar-refractivity contribution in [1.29, 1.82) is 0 Å². The highest BCUT2D eigenvalue weighted by Gasteiger charge is 2.36. The summed E-state index contributed by atoms with van der Waals surface area (Å²) in [6, 6.07) is 9.40. The Morgan fingerprint density at radius 1 is 1.19 bits per heavy atom. The van der Waals surface area contributed by atoms with Crippen molar-refractivity contribution in [3.8, 4) is 0 Å². The number of furan rings is 1. The maximum atomic E-state index is 13.8. The van der Waals surface area contributed by atoms with E-state index >= 15 is 0 Å². The van der Waals surface area contributed by atoms with Crippen molar-refractivity contribution < 1.29 is 18.4 Å². The van der Waals surface area contributed by atoms with Gasteiger partial charge in [-0.1, -0.05) is 30.5 Å². The molecule has 0 aliphatic heterocycles. The third kappa shape index (κ3) is 4.61.